The van der Waals surface area contributed by atoms with E-state index in [4.69, 9.17) is 14.2 Å². The number of nitrogens with zero attached hydrogens (tertiary/aromatic N) is 2. The van der Waals surface area contributed by atoms with Gasteiger partial charge in [0.05, 0.1) is 14.2 Å². The number of aromatic nitrogens is 2. The number of para-hydroxylation sites is 1. The molecular formula is C16H21N3O4. The van der Waals surface area contributed by atoms with Gasteiger partial charge in [0.25, 0.3) is 5.91 Å². The highest BCUT2D eigenvalue weighted by molar-refractivity contribution is 5.96. The Morgan fingerprint density at radius 3 is 2.65 bits per heavy atom. The van der Waals surface area contributed by atoms with E-state index in [1.807, 2.05) is 24.3 Å². The molecule has 1 atom stereocenters. The summed E-state index contributed by atoms with van der Waals surface area (Å²) in [4.78, 5) is 12.3. The van der Waals surface area contributed by atoms with E-state index < -0.39 is 0 Å². The van der Waals surface area contributed by atoms with Gasteiger partial charge in [-0.15, -0.1) is 5.10 Å². The van der Waals surface area contributed by atoms with Crippen molar-refractivity contribution in [1.29, 1.82) is 0 Å². The largest absolute Gasteiger partial charge is 0.496 e. The number of carbonyl (C=O) groups is 1. The lowest BCUT2D eigenvalue weighted by atomic mass is 10.1. The monoisotopic (exact) mass is 319 g/mol. The molecule has 0 aliphatic rings. The number of amides is 1. The van der Waals surface area contributed by atoms with E-state index in [0.29, 0.717) is 17.9 Å². The predicted octanol–water partition coefficient (Wildman–Crippen LogP) is 1.55. The quantitative estimate of drug-likeness (QED) is 0.838. The van der Waals surface area contributed by atoms with Crippen molar-refractivity contribution in [2.75, 3.05) is 27.9 Å². The van der Waals surface area contributed by atoms with Gasteiger partial charge in [0.1, 0.15) is 17.4 Å². The molecule has 0 spiro atoms. The third-order valence-electron chi connectivity index (χ3n) is 3.45. The summed E-state index contributed by atoms with van der Waals surface area (Å²) >= 11 is 0. The zero-order chi connectivity index (χ0) is 16.8. The molecule has 1 aromatic heterocycles. The maximum Gasteiger partial charge on any atom is 0.258 e. The lowest BCUT2D eigenvalue weighted by Gasteiger charge is -2.19. The van der Waals surface area contributed by atoms with Crippen LogP contribution in [0.4, 0.5) is 0 Å². The molecule has 1 aromatic carbocycles. The molecular weight excluding hydrogens is 298 g/mol. The van der Waals surface area contributed by atoms with Gasteiger partial charge >= 0.3 is 0 Å². The number of hydrogen-bond acceptors (Lipinski definition) is 5. The molecule has 0 aliphatic heterocycles. The van der Waals surface area contributed by atoms with Gasteiger partial charge in [-0.3, -0.25) is 9.48 Å². The Bertz CT molecular complexity index is 669. The predicted molar refractivity (Wildman–Crippen MR) is 84.8 cm³/mol. The minimum atomic E-state index is -0.322. The Labute approximate surface area is 135 Å². The second-order valence-corrected chi connectivity index (χ2v) is 4.90. The lowest BCUT2D eigenvalue weighted by Crippen LogP contribution is -2.29. The Balaban J connectivity index is 2.09. The first-order chi connectivity index (χ1) is 11.1. The Morgan fingerprint density at radius 1 is 1.26 bits per heavy atom. The van der Waals surface area contributed by atoms with Crippen molar-refractivity contribution in [3.8, 4) is 11.6 Å². The molecule has 0 fully saturated rings. The maximum atomic E-state index is 12.3. The summed E-state index contributed by atoms with van der Waals surface area (Å²) in [6.45, 7) is 0.299. The Hall–Kier alpha value is -2.54. The van der Waals surface area contributed by atoms with Crippen molar-refractivity contribution < 1.29 is 19.0 Å². The smallest absolute Gasteiger partial charge is 0.258 e. The van der Waals surface area contributed by atoms with Crippen LogP contribution in [0, 0.1) is 0 Å². The number of ether oxygens (including phenoxy) is 3. The molecule has 124 valence electrons. The van der Waals surface area contributed by atoms with Crippen LogP contribution in [0.2, 0.25) is 0 Å². The fourth-order valence-corrected chi connectivity index (χ4v) is 2.31. The summed E-state index contributed by atoms with van der Waals surface area (Å²) in [6, 6.07) is 7.54. The van der Waals surface area contributed by atoms with Crippen LogP contribution in [0.3, 0.4) is 0 Å². The summed E-state index contributed by atoms with van der Waals surface area (Å²) in [7, 11) is 6.40. The zero-order valence-corrected chi connectivity index (χ0v) is 13.7. The second-order valence-electron chi connectivity index (χ2n) is 4.90. The van der Waals surface area contributed by atoms with Gasteiger partial charge in [0.2, 0.25) is 5.88 Å². The first-order valence-electron chi connectivity index (χ1n) is 7.12. The van der Waals surface area contributed by atoms with Crippen molar-refractivity contribution >= 4 is 5.91 Å². The molecule has 0 unspecified atom stereocenters. The van der Waals surface area contributed by atoms with Crippen molar-refractivity contribution in [3.63, 3.8) is 0 Å². The van der Waals surface area contributed by atoms with Gasteiger partial charge in [-0.05, 0) is 6.07 Å². The topological polar surface area (TPSA) is 74.6 Å². The molecule has 7 heteroatoms. The Kier molecular flexibility index (Phi) is 5.59. The fourth-order valence-electron chi connectivity index (χ4n) is 2.31. The molecule has 0 radical (unpaired) electrons. The minimum absolute atomic E-state index is 0.271. The third kappa shape index (κ3) is 3.81. The van der Waals surface area contributed by atoms with Crippen molar-refractivity contribution in [2.24, 2.45) is 7.05 Å². The first kappa shape index (κ1) is 16.8. The normalized spacial score (nSPS) is 11.8. The van der Waals surface area contributed by atoms with E-state index in [1.54, 1.807) is 27.5 Å². The van der Waals surface area contributed by atoms with Crippen LogP contribution in [-0.2, 0) is 11.8 Å². The summed E-state index contributed by atoms with van der Waals surface area (Å²) in [5.74, 6) is 0.732. The van der Waals surface area contributed by atoms with E-state index in [1.165, 1.54) is 11.8 Å². The number of benzene rings is 1. The number of hydrogen-bond donors (Lipinski definition) is 1. The molecule has 7 nitrogen and oxygen atoms in total. The molecule has 0 aliphatic carbocycles. The van der Waals surface area contributed by atoms with Crippen LogP contribution in [0.15, 0.2) is 30.5 Å². The molecule has 1 heterocycles. The van der Waals surface area contributed by atoms with Gasteiger partial charge < -0.3 is 19.5 Å². The highest BCUT2D eigenvalue weighted by atomic mass is 16.5. The molecule has 1 amide bonds. The van der Waals surface area contributed by atoms with E-state index in [2.05, 4.69) is 10.4 Å². The standard InChI is InChI=1S/C16H21N3O4/c1-19-10-12(16(18-19)23-4)15(20)17-9-14(22-3)11-7-5-6-8-13(11)21-2/h5-8,10,14H,9H2,1-4H3,(H,17,20)/t14-/m1/s1. The number of nitrogens with one attached hydrogen (secondary N) is 1. The van der Waals surface area contributed by atoms with Gasteiger partial charge in [-0.1, -0.05) is 18.2 Å². The average Bonchev–Trinajstić information content (AvgIpc) is 2.96. The van der Waals surface area contributed by atoms with Crippen LogP contribution in [0.25, 0.3) is 0 Å². The molecule has 0 saturated heterocycles. The third-order valence-corrected chi connectivity index (χ3v) is 3.45. The summed E-state index contributed by atoms with van der Waals surface area (Å²) < 4.78 is 17.4. The molecule has 2 aromatic rings. The summed E-state index contributed by atoms with van der Waals surface area (Å²) in [5, 5.41) is 6.90. The summed E-state index contributed by atoms with van der Waals surface area (Å²) in [5.41, 5.74) is 1.25. The number of rotatable bonds is 7. The second kappa shape index (κ2) is 7.64. The van der Waals surface area contributed by atoms with Crippen molar-refractivity contribution in [2.45, 2.75) is 6.10 Å². The zero-order valence-electron chi connectivity index (χ0n) is 13.7. The van der Waals surface area contributed by atoms with Crippen molar-refractivity contribution in [1.82, 2.24) is 15.1 Å². The Morgan fingerprint density at radius 2 is 2.00 bits per heavy atom. The lowest BCUT2D eigenvalue weighted by molar-refractivity contribution is 0.0817. The average molecular weight is 319 g/mol. The number of carbonyl (C=O) groups excluding carboxylic acids is 1. The molecule has 0 bridgehead atoms. The minimum Gasteiger partial charge on any atom is -0.496 e. The highest BCUT2D eigenvalue weighted by Crippen LogP contribution is 2.26. The van der Waals surface area contributed by atoms with Crippen LogP contribution in [0.1, 0.15) is 22.0 Å². The molecule has 23 heavy (non-hydrogen) atoms. The van der Waals surface area contributed by atoms with E-state index in [0.717, 1.165) is 5.56 Å². The van der Waals surface area contributed by atoms with E-state index in [-0.39, 0.29) is 17.9 Å². The fraction of sp³-hybridized carbons (Fsp3) is 0.375. The molecule has 1 N–H and O–H groups in total. The van der Waals surface area contributed by atoms with Crippen LogP contribution < -0.4 is 14.8 Å². The van der Waals surface area contributed by atoms with Gasteiger partial charge in [-0.25, -0.2) is 0 Å². The van der Waals surface area contributed by atoms with Gasteiger partial charge in [0, 0.05) is 32.5 Å². The van der Waals surface area contributed by atoms with E-state index in [9.17, 15) is 4.79 Å². The molecule has 2 rings (SSSR count). The van der Waals surface area contributed by atoms with Gasteiger partial charge in [-0.2, -0.15) is 0 Å². The van der Waals surface area contributed by atoms with Gasteiger partial charge in [0.15, 0.2) is 0 Å². The summed E-state index contributed by atoms with van der Waals surface area (Å²) in [6.07, 6.45) is 1.29. The first-order valence-corrected chi connectivity index (χ1v) is 7.12. The number of aryl methyl sites for hydroxylation is 1. The highest BCUT2D eigenvalue weighted by Gasteiger charge is 2.20. The number of methoxy groups -OCH3 is 3. The molecule has 0 saturated carbocycles. The van der Waals surface area contributed by atoms with Crippen LogP contribution in [0.5, 0.6) is 11.6 Å². The van der Waals surface area contributed by atoms with Crippen LogP contribution in [-0.4, -0.2) is 43.6 Å². The SMILES string of the molecule is COc1ccccc1[C@@H](CNC(=O)c1cn(C)nc1OC)OC. The van der Waals surface area contributed by atoms with Crippen molar-refractivity contribution in [3.05, 3.63) is 41.6 Å². The van der Waals surface area contributed by atoms with E-state index >= 15 is 0 Å². The maximum absolute atomic E-state index is 12.3. The van der Waals surface area contributed by atoms with Crippen LogP contribution >= 0.6 is 0 Å².